The molecule has 0 aliphatic carbocycles. The second-order valence-corrected chi connectivity index (χ2v) is 7.72. The molecular weight excluding hydrogens is 344 g/mol. The highest BCUT2D eigenvalue weighted by molar-refractivity contribution is 5.95. The van der Waals surface area contributed by atoms with Gasteiger partial charge in [-0.05, 0) is 56.7 Å². The molecule has 2 fully saturated rings. The van der Waals surface area contributed by atoms with Crippen LogP contribution in [0.3, 0.4) is 0 Å². The molecule has 27 heavy (non-hydrogen) atoms. The minimum absolute atomic E-state index is 0.00334. The number of piperidine rings is 2. The summed E-state index contributed by atoms with van der Waals surface area (Å²) in [6.45, 7) is 4.54. The number of hydrogen-bond donors (Lipinski definition) is 0. The topological polar surface area (TPSA) is 59.1 Å². The summed E-state index contributed by atoms with van der Waals surface area (Å²) in [5.74, 6) is 1.67. The SMILES string of the molecule is CCC1CCCCN1C(=O)C1CCN(C(=O)c2ccc3c(c2)OCO3)CC1. The highest BCUT2D eigenvalue weighted by Crippen LogP contribution is 2.33. The van der Waals surface area contributed by atoms with Gasteiger partial charge in [-0.25, -0.2) is 0 Å². The average Bonchev–Trinajstić information content (AvgIpc) is 3.20. The first-order valence-electron chi connectivity index (χ1n) is 10.2. The average molecular weight is 372 g/mol. The molecule has 1 atom stereocenters. The Labute approximate surface area is 160 Å². The minimum Gasteiger partial charge on any atom is -0.454 e. The monoisotopic (exact) mass is 372 g/mol. The fourth-order valence-electron chi connectivity index (χ4n) is 4.49. The van der Waals surface area contributed by atoms with E-state index in [9.17, 15) is 9.59 Å². The van der Waals surface area contributed by atoms with Crippen molar-refractivity contribution in [3.05, 3.63) is 23.8 Å². The van der Waals surface area contributed by atoms with E-state index < -0.39 is 0 Å². The van der Waals surface area contributed by atoms with Gasteiger partial charge in [-0.1, -0.05) is 6.92 Å². The molecule has 0 radical (unpaired) electrons. The van der Waals surface area contributed by atoms with Gasteiger partial charge in [0.2, 0.25) is 12.7 Å². The van der Waals surface area contributed by atoms with Crippen LogP contribution in [0.1, 0.15) is 55.8 Å². The maximum Gasteiger partial charge on any atom is 0.253 e. The number of hydrogen-bond acceptors (Lipinski definition) is 4. The highest BCUT2D eigenvalue weighted by atomic mass is 16.7. The molecule has 0 N–H and O–H groups in total. The first-order valence-corrected chi connectivity index (χ1v) is 10.2. The molecule has 1 aromatic carbocycles. The van der Waals surface area contributed by atoms with Crippen LogP contribution in [0.2, 0.25) is 0 Å². The van der Waals surface area contributed by atoms with E-state index in [-0.39, 0.29) is 18.6 Å². The Hall–Kier alpha value is -2.24. The zero-order valence-corrected chi connectivity index (χ0v) is 16.0. The molecule has 1 unspecified atom stereocenters. The molecule has 0 spiro atoms. The first kappa shape index (κ1) is 18.1. The normalized spacial score (nSPS) is 22.8. The number of likely N-dealkylation sites (tertiary alicyclic amines) is 2. The van der Waals surface area contributed by atoms with Gasteiger partial charge in [-0.15, -0.1) is 0 Å². The van der Waals surface area contributed by atoms with Gasteiger partial charge >= 0.3 is 0 Å². The molecule has 3 aliphatic rings. The Bertz CT molecular complexity index is 712. The number of nitrogens with zero attached hydrogens (tertiary/aromatic N) is 2. The van der Waals surface area contributed by atoms with Gasteiger partial charge in [0.1, 0.15) is 0 Å². The van der Waals surface area contributed by atoms with Crippen LogP contribution in [0.5, 0.6) is 11.5 Å². The maximum absolute atomic E-state index is 13.0. The van der Waals surface area contributed by atoms with Crippen molar-refractivity contribution in [2.24, 2.45) is 5.92 Å². The van der Waals surface area contributed by atoms with Crippen LogP contribution in [-0.4, -0.2) is 54.1 Å². The Kier molecular flexibility index (Phi) is 5.23. The number of amides is 2. The molecular formula is C21H28N2O4. The quantitative estimate of drug-likeness (QED) is 0.818. The Balaban J connectivity index is 1.35. The number of carbonyl (C=O) groups excluding carboxylic acids is 2. The van der Waals surface area contributed by atoms with Crippen LogP contribution in [0.4, 0.5) is 0 Å². The van der Waals surface area contributed by atoms with Gasteiger partial charge in [0.05, 0.1) is 0 Å². The third-order valence-electron chi connectivity index (χ3n) is 6.13. The summed E-state index contributed by atoms with van der Waals surface area (Å²) in [4.78, 5) is 29.8. The molecule has 2 amide bonds. The van der Waals surface area contributed by atoms with E-state index >= 15 is 0 Å². The smallest absolute Gasteiger partial charge is 0.253 e. The van der Waals surface area contributed by atoms with Crippen molar-refractivity contribution < 1.29 is 19.1 Å². The second kappa shape index (κ2) is 7.79. The van der Waals surface area contributed by atoms with E-state index in [1.54, 1.807) is 18.2 Å². The summed E-state index contributed by atoms with van der Waals surface area (Å²) in [6, 6.07) is 5.72. The number of benzene rings is 1. The summed E-state index contributed by atoms with van der Waals surface area (Å²) in [5.41, 5.74) is 0.617. The highest BCUT2D eigenvalue weighted by Gasteiger charge is 2.34. The van der Waals surface area contributed by atoms with Crippen LogP contribution in [-0.2, 0) is 4.79 Å². The van der Waals surface area contributed by atoms with Crippen LogP contribution >= 0.6 is 0 Å². The summed E-state index contributed by atoms with van der Waals surface area (Å²) < 4.78 is 10.7. The van der Waals surface area contributed by atoms with E-state index in [0.29, 0.717) is 42.1 Å². The third kappa shape index (κ3) is 3.62. The predicted octanol–water partition coefficient (Wildman–Crippen LogP) is 3.06. The lowest BCUT2D eigenvalue weighted by molar-refractivity contribution is -0.140. The molecule has 1 aromatic rings. The van der Waals surface area contributed by atoms with Crippen LogP contribution in [0.25, 0.3) is 0 Å². The maximum atomic E-state index is 13.0. The number of ether oxygens (including phenoxy) is 2. The minimum atomic E-state index is 0.00334. The standard InChI is InChI=1S/C21H28N2O4/c1-2-17-5-3-4-10-23(17)21(25)15-8-11-22(12-9-15)20(24)16-6-7-18-19(13-16)27-14-26-18/h6-7,13,15,17H,2-5,8-12,14H2,1H3. The van der Waals surface area contributed by atoms with Crippen LogP contribution in [0.15, 0.2) is 18.2 Å². The second-order valence-electron chi connectivity index (χ2n) is 7.72. The lowest BCUT2D eigenvalue weighted by atomic mass is 9.91. The lowest BCUT2D eigenvalue weighted by Gasteiger charge is -2.39. The summed E-state index contributed by atoms with van der Waals surface area (Å²) in [6.07, 6.45) is 6.01. The van der Waals surface area contributed by atoms with Gasteiger partial charge in [-0.3, -0.25) is 9.59 Å². The molecule has 146 valence electrons. The van der Waals surface area contributed by atoms with Crippen molar-refractivity contribution in [1.29, 1.82) is 0 Å². The van der Waals surface area contributed by atoms with Crippen molar-refractivity contribution in [3.63, 3.8) is 0 Å². The largest absolute Gasteiger partial charge is 0.454 e. The number of carbonyl (C=O) groups is 2. The number of fused-ring (bicyclic) bond motifs is 1. The lowest BCUT2D eigenvalue weighted by Crippen LogP contribution is -2.49. The molecule has 0 saturated carbocycles. The molecule has 0 bridgehead atoms. The summed E-state index contributed by atoms with van der Waals surface area (Å²) in [7, 11) is 0. The fraction of sp³-hybridized carbons (Fsp3) is 0.619. The third-order valence-corrected chi connectivity index (χ3v) is 6.13. The Morgan fingerprint density at radius 3 is 2.59 bits per heavy atom. The molecule has 2 saturated heterocycles. The van der Waals surface area contributed by atoms with Crippen molar-refractivity contribution in [1.82, 2.24) is 9.80 Å². The molecule has 3 heterocycles. The van der Waals surface area contributed by atoms with Crippen LogP contribution in [0, 0.1) is 5.92 Å². The number of rotatable bonds is 3. The molecule has 6 heteroatoms. The van der Waals surface area contributed by atoms with Crippen molar-refractivity contribution in [3.8, 4) is 11.5 Å². The summed E-state index contributed by atoms with van der Waals surface area (Å²) in [5, 5.41) is 0. The Morgan fingerprint density at radius 2 is 1.81 bits per heavy atom. The zero-order valence-electron chi connectivity index (χ0n) is 16.0. The van der Waals surface area contributed by atoms with E-state index in [4.69, 9.17) is 9.47 Å². The molecule has 0 aromatic heterocycles. The van der Waals surface area contributed by atoms with E-state index in [0.717, 1.165) is 38.6 Å². The van der Waals surface area contributed by atoms with Crippen LogP contribution < -0.4 is 9.47 Å². The summed E-state index contributed by atoms with van der Waals surface area (Å²) >= 11 is 0. The van der Waals surface area contributed by atoms with Gasteiger partial charge in [-0.2, -0.15) is 0 Å². The molecule has 3 aliphatic heterocycles. The van der Waals surface area contributed by atoms with Crippen molar-refractivity contribution >= 4 is 11.8 Å². The molecule has 6 nitrogen and oxygen atoms in total. The van der Waals surface area contributed by atoms with E-state index in [1.165, 1.54) is 6.42 Å². The zero-order chi connectivity index (χ0) is 18.8. The van der Waals surface area contributed by atoms with E-state index in [1.807, 2.05) is 4.90 Å². The van der Waals surface area contributed by atoms with Gasteiger partial charge in [0, 0.05) is 37.2 Å². The first-order chi connectivity index (χ1) is 13.2. The Morgan fingerprint density at radius 1 is 1.04 bits per heavy atom. The van der Waals surface area contributed by atoms with Gasteiger partial charge in [0.15, 0.2) is 11.5 Å². The van der Waals surface area contributed by atoms with Gasteiger partial charge in [0.25, 0.3) is 5.91 Å². The van der Waals surface area contributed by atoms with Crippen molar-refractivity contribution in [2.75, 3.05) is 26.4 Å². The molecule has 4 rings (SSSR count). The van der Waals surface area contributed by atoms with E-state index in [2.05, 4.69) is 11.8 Å². The van der Waals surface area contributed by atoms with Crippen molar-refractivity contribution in [2.45, 2.75) is 51.5 Å². The predicted molar refractivity (Wildman–Crippen MR) is 101 cm³/mol. The fourth-order valence-corrected chi connectivity index (χ4v) is 4.49. The van der Waals surface area contributed by atoms with Gasteiger partial charge < -0.3 is 19.3 Å².